The average Bonchev–Trinajstić information content (AvgIpc) is 3.20. The lowest BCUT2D eigenvalue weighted by Crippen LogP contribution is -2.52. The van der Waals surface area contributed by atoms with Crippen molar-refractivity contribution < 1.29 is 19.4 Å². The lowest BCUT2D eigenvalue weighted by atomic mass is 9.80. The van der Waals surface area contributed by atoms with E-state index in [9.17, 15) is 14.7 Å². The van der Waals surface area contributed by atoms with E-state index in [-0.39, 0.29) is 23.9 Å². The van der Waals surface area contributed by atoms with Crippen LogP contribution in [0.15, 0.2) is 36.5 Å². The first kappa shape index (κ1) is 19.1. The maximum atomic E-state index is 13.6. The molecule has 2 atom stereocenters. The second-order valence-corrected chi connectivity index (χ2v) is 8.60. The van der Waals surface area contributed by atoms with Gasteiger partial charge in [0.2, 0.25) is 5.88 Å². The Morgan fingerprint density at radius 2 is 1.93 bits per heavy atom. The molecule has 2 saturated heterocycles. The summed E-state index contributed by atoms with van der Waals surface area (Å²) in [4.78, 5) is 34.0. The number of carbonyl (C=O) groups excluding carboxylic acids is 2. The maximum absolute atomic E-state index is 13.6. The first-order chi connectivity index (χ1) is 14.4. The Morgan fingerprint density at radius 3 is 2.63 bits per heavy atom. The Bertz CT molecular complexity index is 1020. The molecule has 2 bridgehead atoms. The van der Waals surface area contributed by atoms with Crippen LogP contribution in [0.2, 0.25) is 0 Å². The number of carbonyl (C=O) groups is 2. The van der Waals surface area contributed by atoms with E-state index in [1.165, 1.54) is 0 Å². The summed E-state index contributed by atoms with van der Waals surface area (Å²) in [5.74, 6) is 0.215. The molecule has 5 rings (SSSR count). The summed E-state index contributed by atoms with van der Waals surface area (Å²) >= 11 is 0. The molecule has 156 valence electrons. The van der Waals surface area contributed by atoms with Gasteiger partial charge in [-0.15, -0.1) is 0 Å². The second kappa shape index (κ2) is 6.80. The predicted octanol–water partition coefficient (Wildman–Crippen LogP) is 2.33. The van der Waals surface area contributed by atoms with E-state index in [2.05, 4.69) is 4.98 Å². The molecule has 0 aliphatic carbocycles. The van der Waals surface area contributed by atoms with Crippen LogP contribution in [0, 0.1) is 0 Å². The van der Waals surface area contributed by atoms with E-state index < -0.39 is 5.60 Å². The molecule has 7 nitrogen and oxygen atoms in total. The number of rotatable bonds is 3. The van der Waals surface area contributed by atoms with Gasteiger partial charge >= 0.3 is 0 Å². The van der Waals surface area contributed by atoms with E-state index in [4.69, 9.17) is 4.74 Å². The number of hydrogen-bond acceptors (Lipinski definition) is 5. The smallest absolute Gasteiger partial charge is 0.255 e. The molecule has 7 heteroatoms. The summed E-state index contributed by atoms with van der Waals surface area (Å²) in [6, 6.07) is 8.98. The van der Waals surface area contributed by atoms with E-state index in [0.29, 0.717) is 42.0 Å². The number of benzene rings is 1. The highest BCUT2D eigenvalue weighted by Crippen LogP contribution is 2.48. The fourth-order valence-corrected chi connectivity index (χ4v) is 5.50. The molecule has 2 unspecified atom stereocenters. The minimum absolute atomic E-state index is 0.0868. The van der Waals surface area contributed by atoms with Crippen LogP contribution in [0.1, 0.15) is 57.5 Å². The van der Waals surface area contributed by atoms with Crippen molar-refractivity contribution >= 4 is 11.8 Å². The van der Waals surface area contributed by atoms with E-state index in [0.717, 1.165) is 18.4 Å². The van der Waals surface area contributed by atoms with Crippen LogP contribution >= 0.6 is 0 Å². The van der Waals surface area contributed by atoms with Gasteiger partial charge in [0.05, 0.1) is 23.8 Å². The average molecular weight is 407 g/mol. The highest BCUT2D eigenvalue weighted by atomic mass is 16.5. The van der Waals surface area contributed by atoms with Crippen molar-refractivity contribution in [3.63, 3.8) is 0 Å². The maximum Gasteiger partial charge on any atom is 0.255 e. The first-order valence-electron chi connectivity index (χ1n) is 10.3. The standard InChI is InChI=1S/C23H25N3O4/c1-25-13-14-5-3-6-17(19(14)22(25)28)21(27)26-15-8-9-16(26)12-23(29,11-15)18-7-4-10-24-20(18)30-2/h3-7,10,15-16,29H,8-9,11-13H2,1-2H3. The number of aromatic nitrogens is 1. The Hall–Kier alpha value is -2.93. The van der Waals surface area contributed by atoms with Gasteiger partial charge in [0, 0.05) is 50.3 Å². The summed E-state index contributed by atoms with van der Waals surface area (Å²) in [6.07, 6.45) is 4.18. The molecule has 30 heavy (non-hydrogen) atoms. The summed E-state index contributed by atoms with van der Waals surface area (Å²) in [5.41, 5.74) is 1.49. The van der Waals surface area contributed by atoms with Gasteiger partial charge in [0.15, 0.2) is 0 Å². The number of hydrogen-bond donors (Lipinski definition) is 1. The Labute approximate surface area is 175 Å². The van der Waals surface area contributed by atoms with Crippen LogP contribution in [-0.2, 0) is 12.1 Å². The van der Waals surface area contributed by atoms with E-state index in [1.54, 1.807) is 37.4 Å². The zero-order valence-corrected chi connectivity index (χ0v) is 17.2. The van der Waals surface area contributed by atoms with Crippen LogP contribution in [-0.4, -0.2) is 57.9 Å². The molecule has 2 amide bonds. The normalized spacial score (nSPS) is 27.4. The quantitative estimate of drug-likeness (QED) is 0.844. The van der Waals surface area contributed by atoms with Gasteiger partial charge in [-0.1, -0.05) is 12.1 Å². The van der Waals surface area contributed by atoms with Crippen LogP contribution in [0.25, 0.3) is 0 Å². The number of pyridine rings is 1. The van der Waals surface area contributed by atoms with Crippen LogP contribution in [0.4, 0.5) is 0 Å². The first-order valence-corrected chi connectivity index (χ1v) is 10.3. The molecule has 1 aromatic heterocycles. The Kier molecular flexibility index (Phi) is 4.32. The third kappa shape index (κ3) is 2.72. The Morgan fingerprint density at radius 1 is 1.20 bits per heavy atom. The number of nitrogens with zero attached hydrogens (tertiary/aromatic N) is 3. The lowest BCUT2D eigenvalue weighted by Gasteiger charge is -2.44. The highest BCUT2D eigenvalue weighted by Gasteiger charge is 2.51. The number of fused-ring (bicyclic) bond motifs is 3. The molecule has 4 heterocycles. The summed E-state index contributed by atoms with van der Waals surface area (Å²) in [5, 5.41) is 11.5. The third-order valence-corrected chi connectivity index (χ3v) is 6.82. The van der Waals surface area contributed by atoms with Gasteiger partial charge in [0.25, 0.3) is 11.8 Å². The predicted molar refractivity (Wildman–Crippen MR) is 109 cm³/mol. The number of methoxy groups -OCH3 is 1. The van der Waals surface area contributed by atoms with Crippen molar-refractivity contribution in [1.82, 2.24) is 14.8 Å². The highest BCUT2D eigenvalue weighted by molar-refractivity contribution is 6.09. The molecule has 0 saturated carbocycles. The fourth-order valence-electron chi connectivity index (χ4n) is 5.50. The number of amides is 2. The lowest BCUT2D eigenvalue weighted by molar-refractivity contribution is -0.0494. The van der Waals surface area contributed by atoms with Crippen molar-refractivity contribution in [2.24, 2.45) is 0 Å². The van der Waals surface area contributed by atoms with Crippen molar-refractivity contribution in [3.05, 3.63) is 58.8 Å². The largest absolute Gasteiger partial charge is 0.481 e. The second-order valence-electron chi connectivity index (χ2n) is 8.60. The summed E-state index contributed by atoms with van der Waals surface area (Å²) in [6.45, 7) is 0.530. The topological polar surface area (TPSA) is 83.0 Å². The van der Waals surface area contributed by atoms with E-state index >= 15 is 0 Å². The van der Waals surface area contributed by atoms with Crippen LogP contribution in [0.5, 0.6) is 5.88 Å². The molecule has 3 aliphatic rings. The van der Waals surface area contributed by atoms with Crippen LogP contribution < -0.4 is 4.74 Å². The number of aliphatic hydroxyl groups is 1. The minimum atomic E-state index is -1.09. The number of piperidine rings is 1. The summed E-state index contributed by atoms with van der Waals surface area (Å²) < 4.78 is 5.38. The van der Waals surface area contributed by atoms with Gasteiger partial charge in [0.1, 0.15) is 0 Å². The molecule has 2 fully saturated rings. The molecule has 2 aromatic rings. The van der Waals surface area contributed by atoms with Gasteiger partial charge in [-0.2, -0.15) is 0 Å². The third-order valence-electron chi connectivity index (χ3n) is 6.82. The molecular weight excluding hydrogens is 382 g/mol. The van der Waals surface area contributed by atoms with Crippen molar-refractivity contribution in [1.29, 1.82) is 0 Å². The Balaban J connectivity index is 1.47. The zero-order valence-electron chi connectivity index (χ0n) is 17.2. The van der Waals surface area contributed by atoms with Gasteiger partial charge in [-0.05, 0) is 36.6 Å². The van der Waals surface area contributed by atoms with Crippen molar-refractivity contribution in [2.75, 3.05) is 14.2 Å². The van der Waals surface area contributed by atoms with Crippen molar-refractivity contribution in [3.8, 4) is 5.88 Å². The SMILES string of the molecule is COc1ncccc1C1(O)CC2CCC(C1)N2C(=O)c1cccc2c1C(=O)N(C)C2. The minimum Gasteiger partial charge on any atom is -0.481 e. The zero-order chi connectivity index (χ0) is 21.0. The number of ether oxygens (including phenoxy) is 1. The summed E-state index contributed by atoms with van der Waals surface area (Å²) in [7, 11) is 3.30. The van der Waals surface area contributed by atoms with Gasteiger partial charge in [-0.3, -0.25) is 9.59 Å². The van der Waals surface area contributed by atoms with Crippen LogP contribution in [0.3, 0.4) is 0 Å². The molecular formula is C23H25N3O4. The molecule has 1 N–H and O–H groups in total. The molecule has 1 aromatic carbocycles. The van der Waals surface area contributed by atoms with E-state index in [1.807, 2.05) is 23.1 Å². The van der Waals surface area contributed by atoms with Crippen molar-refractivity contribution in [2.45, 2.75) is 49.9 Å². The fraction of sp³-hybridized carbons (Fsp3) is 0.435. The molecule has 0 radical (unpaired) electrons. The molecule has 0 spiro atoms. The molecule has 3 aliphatic heterocycles. The van der Waals surface area contributed by atoms with Gasteiger partial charge < -0.3 is 19.6 Å². The van der Waals surface area contributed by atoms with Gasteiger partial charge in [-0.25, -0.2) is 4.98 Å². The monoisotopic (exact) mass is 407 g/mol.